The van der Waals surface area contributed by atoms with Crippen LogP contribution in [0.5, 0.6) is 11.5 Å². The molecule has 0 spiro atoms. The molecule has 0 aliphatic rings. The van der Waals surface area contributed by atoms with Crippen molar-refractivity contribution in [3.05, 3.63) is 119 Å². The third-order valence-corrected chi connectivity index (χ3v) is 12.5. The molecule has 0 saturated heterocycles. The number of fused-ring (bicyclic) bond motifs is 2. The summed E-state index contributed by atoms with van der Waals surface area (Å²) in [5, 5.41) is 62.3. The van der Waals surface area contributed by atoms with Gasteiger partial charge in [-0.05, 0) is 51.1 Å². The van der Waals surface area contributed by atoms with Gasteiger partial charge in [-0.1, -0.05) is 22.9 Å². The number of phenolic OH excluding ortho intramolecular Hbond substituents is 2. The Balaban J connectivity index is -0.000000692. The summed E-state index contributed by atoms with van der Waals surface area (Å²) in [4.78, 5) is 6.01. The summed E-state index contributed by atoms with van der Waals surface area (Å²) < 4.78 is 248. The Bertz CT molecular complexity index is 4780. The minimum atomic E-state index is -5.68. The van der Waals surface area contributed by atoms with Crippen molar-refractivity contribution in [2.45, 2.75) is 19.6 Å². The molecule has 0 aromatic heterocycles. The van der Waals surface area contributed by atoms with Crippen LogP contribution in [-0.2, 0) is 82.9 Å². The number of rotatable bonds is 13. The molecular weight excluding hydrogens is 1480 g/mol. The zero-order valence-corrected chi connectivity index (χ0v) is 70.0. The van der Waals surface area contributed by atoms with Crippen LogP contribution in [-0.4, -0.2) is 118 Å². The van der Waals surface area contributed by atoms with Crippen molar-refractivity contribution in [1.29, 1.82) is 0 Å². The van der Waals surface area contributed by atoms with E-state index in [1.54, 1.807) is 0 Å². The molecule has 7 rings (SSSR count). The average molecular weight is 1500 g/mol. The zero-order valence-electron chi connectivity index (χ0n) is 47.5. The van der Waals surface area contributed by atoms with Gasteiger partial charge in [0.05, 0.1) is 26.6 Å². The van der Waals surface area contributed by atoms with E-state index >= 15 is 0 Å². The Kier molecular flexibility index (Phi) is 50.6. The Hall–Kier alpha value is -1.62. The number of azo groups is 4. The first-order valence-corrected chi connectivity index (χ1v) is 29.5. The number of phenols is 2. The van der Waals surface area contributed by atoms with E-state index in [-0.39, 0.29) is 264 Å². The van der Waals surface area contributed by atoms with Gasteiger partial charge in [0.15, 0.2) is 11.4 Å². The number of nitrogens with two attached hydrogens (primary N) is 1. The van der Waals surface area contributed by atoms with Gasteiger partial charge in [-0.3, -0.25) is 10.1 Å². The largest absolute Gasteiger partial charge is 1.00 e. The number of anilines is 1. The van der Waals surface area contributed by atoms with E-state index in [2.05, 4.69) is 65.2 Å². The van der Waals surface area contributed by atoms with Crippen molar-refractivity contribution >= 4 is 161 Å². The zero-order chi connectivity index (χ0) is 63.8. The second-order valence-electron chi connectivity index (χ2n) is 14.1. The van der Waals surface area contributed by atoms with E-state index < -0.39 is 169 Å². The first-order valence-electron chi connectivity index (χ1n) is 19.8. The van der Waals surface area contributed by atoms with Crippen molar-refractivity contribution in [3.63, 3.8) is 0 Å². The summed E-state index contributed by atoms with van der Waals surface area (Å²) in [6.45, 7) is 0. The van der Waals surface area contributed by atoms with Gasteiger partial charge in [0.1, 0.15) is 51.8 Å². The van der Waals surface area contributed by atoms with Crippen LogP contribution in [0.3, 0.4) is 0 Å². The minimum Gasteiger partial charge on any atom is -0.746 e. The van der Waals surface area contributed by atoms with Crippen molar-refractivity contribution < 1.29 is 354 Å². The van der Waals surface area contributed by atoms with Gasteiger partial charge in [0.2, 0.25) is 0 Å². The van der Waals surface area contributed by atoms with Crippen molar-refractivity contribution in [3.8, 4) is 11.5 Å². The summed E-state index contributed by atoms with van der Waals surface area (Å²) in [6.07, 6.45) is 0. The van der Waals surface area contributed by atoms with E-state index in [0.29, 0.717) is 12.1 Å². The molecule has 7 aromatic rings. The normalized spacial score (nSPS) is 10.6. The van der Waals surface area contributed by atoms with Crippen LogP contribution in [0.25, 0.3) is 21.5 Å². The molecule has 54 heteroatoms. The molecule has 0 atom stereocenters. The Morgan fingerprint density at radius 3 is 1.24 bits per heavy atom. The van der Waals surface area contributed by atoms with Crippen molar-refractivity contribution in [2.75, 3.05) is 5.73 Å². The molecule has 0 fully saturated rings. The molecule has 444 valence electrons. The number of benzene rings is 7. The summed E-state index contributed by atoms with van der Waals surface area (Å²) in [5.41, 5.74) is 0.944. The van der Waals surface area contributed by atoms with Crippen LogP contribution >= 0.6 is 0 Å². The van der Waals surface area contributed by atoms with Gasteiger partial charge in [-0.2, -0.15) is 69.0 Å². The topological polar surface area (TPSA) is 642 Å². The van der Waals surface area contributed by atoms with Crippen LogP contribution in [0, 0.1) is 34.4 Å². The fraction of sp³-hybridized carbons (Fsp3) is 0. The molecular formula is C38H18N10Na8O28S8. The minimum absolute atomic E-state index is 0. The number of nitrogens with zero attached hydrogens (tertiary/aromatic N) is 9. The third kappa shape index (κ3) is 32.4. The summed E-state index contributed by atoms with van der Waals surface area (Å²) in [5.74, 6) is -2.18. The standard InChI is InChI=1S/C38H22N10O16S4.8Na.4O3S/c39-35-28(18-31(67(59,60)61)22-17-32(68(62,63)64)36(38(50)34(22)35)47-40-19-9-11-20(12-10-19)48(51)52)46-44-26-16-15-23(41-42-24-5-1-3-7-29(24)65(53,54)55)21-13-14-27(37(49)33(21)26)45-43-25-6-2-4-8-30(25)66(56,57)58;;;;;;;;;4*1-4(2)3/h3-9,11-13,15-18,49-50H,39H2,(H,53,54,55)(H,56,57,58)(H,59,60,61)(H,62,63,64);;;;;;;;;;;;/q-4;8*+1;;;;/p-4. The van der Waals surface area contributed by atoms with E-state index in [4.69, 9.17) is 56.2 Å². The molecule has 0 aliphatic carbocycles. The Morgan fingerprint density at radius 1 is 0.424 bits per heavy atom. The number of hydrogen-bond acceptors (Lipinski definition) is 37. The molecule has 7 aromatic carbocycles. The monoisotopic (exact) mass is 1500 g/mol. The van der Waals surface area contributed by atoms with Crippen molar-refractivity contribution in [2.24, 2.45) is 40.9 Å². The molecule has 92 heavy (non-hydrogen) atoms. The average Bonchev–Trinajstić information content (AvgIpc) is 0.749. The number of aromatic hydroxyl groups is 2. The maximum atomic E-state index is 12.7. The fourth-order valence-corrected chi connectivity index (χ4v) is 8.56. The molecule has 4 N–H and O–H groups in total. The quantitative estimate of drug-likeness (QED) is 0.0184. The molecule has 0 bridgehead atoms. The smallest absolute Gasteiger partial charge is 0.746 e. The summed E-state index contributed by atoms with van der Waals surface area (Å²) in [7, 11) is -34.0. The van der Waals surface area contributed by atoms with Gasteiger partial charge in [-0.15, -0.1) is 85.0 Å². The van der Waals surface area contributed by atoms with Gasteiger partial charge >= 0.3 is 279 Å². The van der Waals surface area contributed by atoms with Crippen molar-refractivity contribution in [1.82, 2.24) is 0 Å². The molecule has 38 nitrogen and oxygen atoms in total. The fourth-order valence-electron chi connectivity index (χ4n) is 6.05. The van der Waals surface area contributed by atoms with E-state index in [9.17, 15) is 72.2 Å². The predicted octanol–water partition coefficient (Wildman–Crippen LogP) is -20.6. The summed E-state index contributed by atoms with van der Waals surface area (Å²) in [6, 6.07) is 23.2. The van der Waals surface area contributed by atoms with Crippen LogP contribution in [0.2, 0.25) is 0 Å². The number of nitro groups is 1. The van der Waals surface area contributed by atoms with Crippen LogP contribution < -0.4 is 242 Å². The number of hydrogen-bond donors (Lipinski definition) is 3. The maximum Gasteiger partial charge on any atom is 1.00 e. The second-order valence-corrected chi connectivity index (χ2v) is 21.1. The molecule has 0 radical (unpaired) electrons. The molecule has 0 saturated carbocycles. The SMILES string of the molecule is Nc1c(N=Nc2ccc(N=Nc3c[c-]ccc3S(=O)(=O)[O-])c3c[c-]c(N=Nc4c[c-]ccc4S(=O)(=O)[O-])c(O)c23)cc(S(=O)(=O)[O-])c2cc(S(=O)(=O)[O-])c(N=Nc3[c-]cc([N+](=O)[O-])cc3)c(O)c12.O=S(=O)=O.O=S(=O)=O.O=S(=O)=O.O=S(=O)=O.[Na+].[Na+].[Na+].[Na+].[Na+].[Na+].[Na+].[Na+]. The molecule has 0 heterocycles. The first-order chi connectivity index (χ1) is 38.8. The second kappa shape index (κ2) is 45.9. The van der Waals surface area contributed by atoms with Crippen LogP contribution in [0.15, 0.2) is 145 Å². The third-order valence-electron chi connectivity index (χ3n) is 9.05. The van der Waals surface area contributed by atoms with Crippen LogP contribution in [0.4, 0.5) is 56.9 Å². The maximum absolute atomic E-state index is 12.7. The number of nitro benzene ring substituents is 1. The van der Waals surface area contributed by atoms with E-state index in [1.807, 2.05) is 0 Å². The van der Waals surface area contributed by atoms with Gasteiger partial charge in [0, 0.05) is 27.4 Å². The summed E-state index contributed by atoms with van der Waals surface area (Å²) >= 11 is 0. The molecule has 0 unspecified atom stereocenters. The number of nitrogen functional groups attached to an aromatic ring is 1. The van der Waals surface area contributed by atoms with Gasteiger partial charge < -0.3 is 34.2 Å². The molecule has 0 amide bonds. The molecule has 0 aliphatic heterocycles. The Labute approximate surface area is 700 Å². The van der Waals surface area contributed by atoms with Gasteiger partial charge in [0.25, 0.3) is 0 Å². The van der Waals surface area contributed by atoms with E-state index in [0.717, 1.165) is 66.7 Å². The van der Waals surface area contributed by atoms with Crippen LogP contribution in [0.1, 0.15) is 0 Å². The first kappa shape index (κ1) is 101. The van der Waals surface area contributed by atoms with Gasteiger partial charge in [-0.25, -0.2) is 43.9 Å². The van der Waals surface area contributed by atoms with E-state index in [1.165, 1.54) is 6.07 Å². The number of non-ortho nitro benzene ring substituents is 1. The Morgan fingerprint density at radius 2 is 0.826 bits per heavy atom. The predicted molar refractivity (Wildman–Crippen MR) is 264 cm³/mol.